The Labute approximate surface area is 99.9 Å². The third-order valence-electron chi connectivity index (χ3n) is 2.33. The van der Waals surface area contributed by atoms with Crippen molar-refractivity contribution in [1.82, 2.24) is 9.88 Å². The van der Waals surface area contributed by atoms with Crippen LogP contribution in [0.3, 0.4) is 0 Å². The monoisotopic (exact) mass is 242 g/mol. The van der Waals surface area contributed by atoms with E-state index in [0.717, 1.165) is 10.7 Å². The third-order valence-corrected chi connectivity index (χ3v) is 3.39. The lowest BCUT2D eigenvalue weighted by atomic mass is 10.2. The molecular weight excluding hydrogens is 224 g/mol. The summed E-state index contributed by atoms with van der Waals surface area (Å²) in [5, 5.41) is 10.1. The second kappa shape index (κ2) is 5.41. The second-order valence-corrected chi connectivity index (χ2v) is 5.22. The van der Waals surface area contributed by atoms with Crippen molar-refractivity contribution in [2.75, 3.05) is 13.6 Å². The molecule has 1 N–H and O–H groups in total. The summed E-state index contributed by atoms with van der Waals surface area (Å²) >= 11 is 1.42. The molecule has 1 heterocycles. The molecular formula is C11H18N2O2S. The molecule has 16 heavy (non-hydrogen) atoms. The molecule has 0 fully saturated rings. The minimum Gasteiger partial charge on any atom is -0.393 e. The zero-order chi connectivity index (χ0) is 12.3. The number of aliphatic hydroxyl groups is 1. The van der Waals surface area contributed by atoms with Crippen LogP contribution in [0.4, 0.5) is 0 Å². The molecule has 4 nitrogen and oxygen atoms in total. The standard InChI is InChI=1S/C11H18N2O2S/c1-7(14)5-6-13(4)11(15)10-8(2)12-9(3)16-10/h7,14H,5-6H2,1-4H3. The molecule has 0 bridgehead atoms. The predicted molar refractivity (Wildman–Crippen MR) is 64.8 cm³/mol. The first-order chi connectivity index (χ1) is 7.41. The van der Waals surface area contributed by atoms with E-state index in [4.69, 9.17) is 5.11 Å². The van der Waals surface area contributed by atoms with E-state index in [-0.39, 0.29) is 12.0 Å². The Morgan fingerprint density at radius 2 is 2.19 bits per heavy atom. The lowest BCUT2D eigenvalue weighted by Gasteiger charge is -2.17. The molecule has 0 spiro atoms. The van der Waals surface area contributed by atoms with Crippen LogP contribution < -0.4 is 0 Å². The van der Waals surface area contributed by atoms with Gasteiger partial charge in [0.05, 0.1) is 16.8 Å². The average Bonchev–Trinajstić information content (AvgIpc) is 2.53. The summed E-state index contributed by atoms with van der Waals surface area (Å²) in [5.41, 5.74) is 0.788. The Morgan fingerprint density at radius 1 is 1.56 bits per heavy atom. The van der Waals surface area contributed by atoms with Crippen molar-refractivity contribution in [3.05, 3.63) is 15.6 Å². The molecule has 0 aromatic carbocycles. The van der Waals surface area contributed by atoms with Crippen molar-refractivity contribution < 1.29 is 9.90 Å². The summed E-state index contributed by atoms with van der Waals surface area (Å²) < 4.78 is 0. The van der Waals surface area contributed by atoms with Gasteiger partial charge < -0.3 is 10.0 Å². The minimum atomic E-state index is -0.375. The highest BCUT2D eigenvalue weighted by molar-refractivity contribution is 7.13. The van der Waals surface area contributed by atoms with Crippen LogP contribution in [0.5, 0.6) is 0 Å². The van der Waals surface area contributed by atoms with Crippen LogP contribution in [-0.4, -0.2) is 40.6 Å². The molecule has 1 aromatic rings. The first-order valence-corrected chi connectivity index (χ1v) is 6.11. The van der Waals surface area contributed by atoms with E-state index in [2.05, 4.69) is 4.98 Å². The van der Waals surface area contributed by atoms with Crippen molar-refractivity contribution in [2.45, 2.75) is 33.3 Å². The summed E-state index contributed by atoms with van der Waals surface area (Å²) in [7, 11) is 1.75. The van der Waals surface area contributed by atoms with Crippen LogP contribution in [0.1, 0.15) is 33.7 Å². The highest BCUT2D eigenvalue weighted by atomic mass is 32.1. The van der Waals surface area contributed by atoms with Crippen molar-refractivity contribution >= 4 is 17.2 Å². The largest absolute Gasteiger partial charge is 0.393 e. The maximum absolute atomic E-state index is 12.0. The van der Waals surface area contributed by atoms with Crippen molar-refractivity contribution in [1.29, 1.82) is 0 Å². The van der Waals surface area contributed by atoms with E-state index in [1.54, 1.807) is 18.9 Å². The Balaban J connectivity index is 2.67. The number of thiazole rings is 1. The number of rotatable bonds is 4. The molecule has 90 valence electrons. The van der Waals surface area contributed by atoms with Crippen molar-refractivity contribution in [3.8, 4) is 0 Å². The van der Waals surface area contributed by atoms with E-state index < -0.39 is 0 Å². The van der Waals surface area contributed by atoms with Gasteiger partial charge in [0.25, 0.3) is 5.91 Å². The number of carbonyl (C=O) groups excluding carboxylic acids is 1. The normalized spacial score (nSPS) is 12.6. The van der Waals surface area contributed by atoms with Gasteiger partial charge >= 0.3 is 0 Å². The lowest BCUT2D eigenvalue weighted by molar-refractivity contribution is 0.0773. The second-order valence-electron chi connectivity index (χ2n) is 4.01. The molecule has 1 unspecified atom stereocenters. The number of aryl methyl sites for hydroxylation is 2. The van der Waals surface area contributed by atoms with E-state index in [1.165, 1.54) is 11.3 Å². The van der Waals surface area contributed by atoms with Gasteiger partial charge in [-0.25, -0.2) is 4.98 Å². The van der Waals surface area contributed by atoms with Crippen LogP contribution in [0.2, 0.25) is 0 Å². The number of nitrogens with zero attached hydrogens (tertiary/aromatic N) is 2. The first-order valence-electron chi connectivity index (χ1n) is 5.29. The molecule has 5 heteroatoms. The number of amides is 1. The van der Waals surface area contributed by atoms with E-state index >= 15 is 0 Å². The molecule has 0 aliphatic heterocycles. The predicted octanol–water partition coefficient (Wildman–Crippen LogP) is 1.60. The van der Waals surface area contributed by atoms with Crippen LogP contribution in [-0.2, 0) is 0 Å². The number of aromatic nitrogens is 1. The zero-order valence-corrected chi connectivity index (χ0v) is 11.0. The smallest absolute Gasteiger partial charge is 0.265 e. The van der Waals surface area contributed by atoms with Crippen molar-refractivity contribution in [3.63, 3.8) is 0 Å². The Hall–Kier alpha value is -0.940. The Bertz CT molecular complexity index is 374. The van der Waals surface area contributed by atoms with Gasteiger partial charge in [-0.1, -0.05) is 0 Å². The lowest BCUT2D eigenvalue weighted by Crippen LogP contribution is -2.29. The molecule has 0 aliphatic carbocycles. The van der Waals surface area contributed by atoms with Crippen LogP contribution in [0.25, 0.3) is 0 Å². The topological polar surface area (TPSA) is 53.4 Å². The summed E-state index contributed by atoms with van der Waals surface area (Å²) in [6, 6.07) is 0. The SMILES string of the molecule is Cc1nc(C)c(C(=O)N(C)CCC(C)O)s1. The highest BCUT2D eigenvalue weighted by Crippen LogP contribution is 2.18. The van der Waals surface area contributed by atoms with E-state index in [9.17, 15) is 4.79 Å². The molecule has 0 aliphatic rings. The van der Waals surface area contributed by atoms with Gasteiger partial charge in [0, 0.05) is 13.6 Å². The summed E-state index contributed by atoms with van der Waals surface area (Å²) in [5.74, 6) is -0.0104. The average molecular weight is 242 g/mol. The molecule has 1 rings (SSSR count). The number of hydrogen-bond acceptors (Lipinski definition) is 4. The maximum atomic E-state index is 12.0. The van der Waals surface area contributed by atoms with Gasteiger partial charge in [0.2, 0.25) is 0 Å². The van der Waals surface area contributed by atoms with E-state index in [1.807, 2.05) is 13.8 Å². The minimum absolute atomic E-state index is 0.0104. The van der Waals surface area contributed by atoms with Gasteiger partial charge in [0.1, 0.15) is 4.88 Å². The fourth-order valence-electron chi connectivity index (χ4n) is 1.39. The molecule has 0 radical (unpaired) electrons. The highest BCUT2D eigenvalue weighted by Gasteiger charge is 2.17. The van der Waals surface area contributed by atoms with Gasteiger partial charge in [-0.15, -0.1) is 11.3 Å². The van der Waals surface area contributed by atoms with Gasteiger partial charge in [-0.05, 0) is 27.2 Å². The number of aliphatic hydroxyl groups excluding tert-OH is 1. The first kappa shape index (κ1) is 13.1. The number of hydrogen-bond donors (Lipinski definition) is 1. The third kappa shape index (κ3) is 3.28. The number of carbonyl (C=O) groups is 1. The van der Waals surface area contributed by atoms with E-state index in [0.29, 0.717) is 17.8 Å². The summed E-state index contributed by atoms with van der Waals surface area (Å²) in [6.07, 6.45) is 0.221. The van der Waals surface area contributed by atoms with Crippen LogP contribution >= 0.6 is 11.3 Å². The Morgan fingerprint density at radius 3 is 2.62 bits per heavy atom. The maximum Gasteiger partial charge on any atom is 0.265 e. The molecule has 0 saturated heterocycles. The molecule has 1 aromatic heterocycles. The van der Waals surface area contributed by atoms with Crippen molar-refractivity contribution in [2.24, 2.45) is 0 Å². The molecule has 1 amide bonds. The summed E-state index contributed by atoms with van der Waals surface area (Å²) in [4.78, 5) is 18.6. The fraction of sp³-hybridized carbons (Fsp3) is 0.636. The fourth-order valence-corrected chi connectivity index (χ4v) is 2.30. The zero-order valence-electron chi connectivity index (χ0n) is 10.1. The van der Waals surface area contributed by atoms with Crippen LogP contribution in [0, 0.1) is 13.8 Å². The quantitative estimate of drug-likeness (QED) is 0.872. The van der Waals surface area contributed by atoms with Gasteiger partial charge in [-0.2, -0.15) is 0 Å². The Kier molecular flexibility index (Phi) is 4.44. The summed E-state index contributed by atoms with van der Waals surface area (Å²) in [6.45, 7) is 6.02. The van der Waals surface area contributed by atoms with Gasteiger partial charge in [0.15, 0.2) is 0 Å². The van der Waals surface area contributed by atoms with Crippen LogP contribution in [0.15, 0.2) is 0 Å². The molecule has 0 saturated carbocycles. The van der Waals surface area contributed by atoms with Gasteiger partial charge in [-0.3, -0.25) is 4.79 Å². The molecule has 1 atom stereocenters.